The first-order valence-corrected chi connectivity index (χ1v) is 9.97. The maximum atomic E-state index is 12.8. The molecule has 0 atom stereocenters. The van der Waals surface area contributed by atoms with Crippen LogP contribution in [0.25, 0.3) is 11.1 Å². The van der Waals surface area contributed by atoms with Gasteiger partial charge in [0.25, 0.3) is 11.8 Å². The highest BCUT2D eigenvalue weighted by Gasteiger charge is 2.15. The highest BCUT2D eigenvalue weighted by atomic mass is 35.5. The number of nitrogens with zero attached hydrogens (tertiary/aromatic N) is 1. The summed E-state index contributed by atoms with van der Waals surface area (Å²) in [5, 5.41) is 6.00. The number of carbonyl (C=O) groups excluding carboxylic acids is 2. The van der Waals surface area contributed by atoms with Crippen molar-refractivity contribution in [2.75, 3.05) is 10.6 Å². The number of anilines is 2. The second-order valence-electron chi connectivity index (χ2n) is 6.76. The molecule has 0 aliphatic carbocycles. The molecule has 5 nitrogen and oxygen atoms in total. The zero-order valence-electron chi connectivity index (χ0n) is 16.4. The standard InChI is InChI=1S/C25H18ClN3O2/c26-20-14-15-23(27-16-20)29-25(31)21-8-4-5-9-22(21)28-24(30)19-12-10-18(11-13-19)17-6-2-1-3-7-17/h1-16H,(H,28,30)(H,27,29,31). The van der Waals surface area contributed by atoms with Crippen LogP contribution >= 0.6 is 11.6 Å². The topological polar surface area (TPSA) is 71.1 Å². The van der Waals surface area contributed by atoms with E-state index < -0.39 is 0 Å². The Bertz CT molecular complexity index is 1210. The molecule has 0 radical (unpaired) electrons. The zero-order valence-corrected chi connectivity index (χ0v) is 17.1. The Morgan fingerprint density at radius 1 is 0.677 bits per heavy atom. The number of hydrogen-bond donors (Lipinski definition) is 2. The minimum absolute atomic E-state index is 0.301. The van der Waals surface area contributed by atoms with Gasteiger partial charge in [-0.05, 0) is 47.5 Å². The Kier molecular flexibility index (Phi) is 6.05. The molecule has 31 heavy (non-hydrogen) atoms. The van der Waals surface area contributed by atoms with Gasteiger partial charge < -0.3 is 10.6 Å². The van der Waals surface area contributed by atoms with E-state index in [9.17, 15) is 9.59 Å². The predicted octanol–water partition coefficient (Wildman–Crippen LogP) is 5.91. The predicted molar refractivity (Wildman–Crippen MR) is 123 cm³/mol. The van der Waals surface area contributed by atoms with E-state index in [-0.39, 0.29) is 11.8 Å². The van der Waals surface area contributed by atoms with E-state index in [1.54, 1.807) is 48.5 Å². The van der Waals surface area contributed by atoms with Gasteiger partial charge in [0.05, 0.1) is 16.3 Å². The quantitative estimate of drug-likeness (QED) is 0.416. The molecule has 1 heterocycles. The molecule has 0 aliphatic rings. The number of carbonyl (C=O) groups is 2. The molecular weight excluding hydrogens is 410 g/mol. The Morgan fingerprint density at radius 2 is 1.35 bits per heavy atom. The molecule has 4 rings (SSSR count). The lowest BCUT2D eigenvalue weighted by atomic mass is 10.0. The fraction of sp³-hybridized carbons (Fsp3) is 0. The maximum Gasteiger partial charge on any atom is 0.258 e. The highest BCUT2D eigenvalue weighted by molar-refractivity contribution is 6.30. The summed E-state index contributed by atoms with van der Waals surface area (Å²) in [6, 6.07) is 27.3. The number of rotatable bonds is 5. The highest BCUT2D eigenvalue weighted by Crippen LogP contribution is 2.21. The van der Waals surface area contributed by atoms with Crippen molar-refractivity contribution in [1.82, 2.24) is 4.98 Å². The third-order valence-electron chi connectivity index (χ3n) is 4.64. The Hall–Kier alpha value is -3.96. The lowest BCUT2D eigenvalue weighted by Gasteiger charge is -2.11. The third-order valence-corrected chi connectivity index (χ3v) is 4.87. The summed E-state index contributed by atoms with van der Waals surface area (Å²) < 4.78 is 0. The SMILES string of the molecule is O=C(Nc1ccccc1C(=O)Nc1ccc(Cl)cn1)c1ccc(-c2ccccc2)cc1. The zero-order chi connectivity index (χ0) is 21.6. The van der Waals surface area contributed by atoms with Crippen LogP contribution in [0.3, 0.4) is 0 Å². The molecule has 152 valence electrons. The van der Waals surface area contributed by atoms with Crippen LogP contribution in [0.4, 0.5) is 11.5 Å². The van der Waals surface area contributed by atoms with Crippen LogP contribution in [-0.2, 0) is 0 Å². The molecule has 0 saturated heterocycles. The first kappa shape index (κ1) is 20.3. The Morgan fingerprint density at radius 3 is 2.06 bits per heavy atom. The molecule has 4 aromatic rings. The van der Waals surface area contributed by atoms with Crippen molar-refractivity contribution in [2.45, 2.75) is 0 Å². The first-order valence-electron chi connectivity index (χ1n) is 9.59. The minimum Gasteiger partial charge on any atom is -0.321 e. The van der Waals surface area contributed by atoms with Crippen molar-refractivity contribution in [3.63, 3.8) is 0 Å². The van der Waals surface area contributed by atoms with Crippen molar-refractivity contribution >= 4 is 34.9 Å². The number of para-hydroxylation sites is 1. The lowest BCUT2D eigenvalue weighted by Crippen LogP contribution is -2.18. The molecule has 0 aliphatic heterocycles. The number of hydrogen-bond acceptors (Lipinski definition) is 3. The number of nitrogens with one attached hydrogen (secondary N) is 2. The Balaban J connectivity index is 1.50. The molecule has 0 bridgehead atoms. The molecule has 2 amide bonds. The van der Waals surface area contributed by atoms with Gasteiger partial charge in [-0.2, -0.15) is 0 Å². The second-order valence-corrected chi connectivity index (χ2v) is 7.20. The van der Waals surface area contributed by atoms with E-state index in [4.69, 9.17) is 11.6 Å². The van der Waals surface area contributed by atoms with Gasteiger partial charge in [0.15, 0.2) is 0 Å². The molecule has 1 aromatic heterocycles. The van der Waals surface area contributed by atoms with E-state index in [2.05, 4.69) is 15.6 Å². The maximum absolute atomic E-state index is 12.8. The van der Waals surface area contributed by atoms with Crippen LogP contribution in [0.1, 0.15) is 20.7 Å². The van der Waals surface area contributed by atoms with Gasteiger partial charge in [0.2, 0.25) is 0 Å². The van der Waals surface area contributed by atoms with Gasteiger partial charge in [0.1, 0.15) is 5.82 Å². The van der Waals surface area contributed by atoms with Gasteiger partial charge >= 0.3 is 0 Å². The fourth-order valence-electron chi connectivity index (χ4n) is 3.06. The molecule has 2 N–H and O–H groups in total. The molecule has 0 saturated carbocycles. The number of aromatic nitrogens is 1. The van der Waals surface area contributed by atoms with Crippen LogP contribution in [0.15, 0.2) is 97.2 Å². The van der Waals surface area contributed by atoms with Gasteiger partial charge in [-0.3, -0.25) is 9.59 Å². The summed E-state index contributed by atoms with van der Waals surface area (Å²) in [7, 11) is 0. The van der Waals surface area contributed by atoms with Crippen LogP contribution in [0.2, 0.25) is 5.02 Å². The number of pyridine rings is 1. The number of benzene rings is 3. The minimum atomic E-state index is -0.384. The van der Waals surface area contributed by atoms with Crippen LogP contribution < -0.4 is 10.6 Å². The second kappa shape index (κ2) is 9.24. The monoisotopic (exact) mass is 427 g/mol. The van der Waals surface area contributed by atoms with Crippen molar-refractivity contribution in [2.24, 2.45) is 0 Å². The molecule has 0 fully saturated rings. The molecule has 0 unspecified atom stereocenters. The van der Waals surface area contributed by atoms with Gasteiger partial charge in [-0.25, -0.2) is 4.98 Å². The van der Waals surface area contributed by atoms with Crippen LogP contribution in [0, 0.1) is 0 Å². The van der Waals surface area contributed by atoms with E-state index in [1.165, 1.54) is 6.20 Å². The van der Waals surface area contributed by atoms with E-state index in [0.717, 1.165) is 11.1 Å². The summed E-state index contributed by atoms with van der Waals surface area (Å²) in [6.07, 6.45) is 1.45. The summed E-state index contributed by atoms with van der Waals surface area (Å²) >= 11 is 5.83. The number of amides is 2. The smallest absolute Gasteiger partial charge is 0.258 e. The van der Waals surface area contributed by atoms with E-state index in [1.807, 2.05) is 42.5 Å². The molecule has 3 aromatic carbocycles. The first-order chi connectivity index (χ1) is 15.1. The normalized spacial score (nSPS) is 10.4. The molecular formula is C25H18ClN3O2. The summed E-state index contributed by atoms with van der Waals surface area (Å²) in [5.74, 6) is -0.318. The summed E-state index contributed by atoms with van der Waals surface area (Å²) in [5.41, 5.74) is 3.33. The third kappa shape index (κ3) is 4.97. The van der Waals surface area contributed by atoms with Gasteiger partial charge in [-0.15, -0.1) is 0 Å². The van der Waals surface area contributed by atoms with Crippen LogP contribution in [0.5, 0.6) is 0 Å². The number of halogens is 1. The lowest BCUT2D eigenvalue weighted by molar-refractivity contribution is 0.102. The van der Waals surface area contributed by atoms with Crippen molar-refractivity contribution in [1.29, 1.82) is 0 Å². The van der Waals surface area contributed by atoms with Gasteiger partial charge in [-0.1, -0.05) is 66.2 Å². The van der Waals surface area contributed by atoms with Crippen LogP contribution in [-0.4, -0.2) is 16.8 Å². The van der Waals surface area contributed by atoms with Crippen molar-refractivity contribution < 1.29 is 9.59 Å². The van der Waals surface area contributed by atoms with Crippen molar-refractivity contribution in [3.05, 3.63) is 113 Å². The average molecular weight is 428 g/mol. The average Bonchev–Trinajstić information content (AvgIpc) is 2.81. The van der Waals surface area contributed by atoms with E-state index >= 15 is 0 Å². The fourth-order valence-corrected chi connectivity index (χ4v) is 3.17. The summed E-state index contributed by atoms with van der Waals surface area (Å²) in [6.45, 7) is 0. The largest absolute Gasteiger partial charge is 0.321 e. The van der Waals surface area contributed by atoms with Crippen molar-refractivity contribution in [3.8, 4) is 11.1 Å². The Labute approximate surface area is 184 Å². The summed E-state index contributed by atoms with van der Waals surface area (Å²) in [4.78, 5) is 29.5. The molecule has 0 spiro atoms. The van der Waals surface area contributed by atoms with Gasteiger partial charge in [0, 0.05) is 11.8 Å². The van der Waals surface area contributed by atoms with E-state index in [0.29, 0.717) is 27.7 Å². The molecule has 6 heteroatoms.